The van der Waals surface area contributed by atoms with Gasteiger partial charge in [-0.05, 0) is 35.9 Å². The van der Waals surface area contributed by atoms with E-state index in [4.69, 9.17) is 14.2 Å². The molecule has 0 saturated carbocycles. The van der Waals surface area contributed by atoms with Gasteiger partial charge in [0.05, 0.1) is 6.21 Å². The second-order valence-corrected chi connectivity index (χ2v) is 4.94. The number of carbonyl (C=O) groups excluding carboxylic acids is 1. The van der Waals surface area contributed by atoms with Gasteiger partial charge < -0.3 is 14.2 Å². The predicted molar refractivity (Wildman–Crippen MR) is 89.8 cm³/mol. The van der Waals surface area contributed by atoms with Gasteiger partial charge in [-0.2, -0.15) is 5.10 Å². The number of hydrogen-bond acceptors (Lipinski definition) is 5. The Kier molecular flexibility index (Phi) is 4.76. The van der Waals surface area contributed by atoms with Crippen molar-refractivity contribution in [3.05, 3.63) is 66.2 Å². The van der Waals surface area contributed by atoms with Gasteiger partial charge in [-0.1, -0.05) is 24.8 Å². The number of fused-ring (bicyclic) bond motifs is 1. The van der Waals surface area contributed by atoms with Gasteiger partial charge in [0.15, 0.2) is 11.5 Å². The molecule has 6 heteroatoms. The number of hydrazone groups is 1. The number of nitrogens with one attached hydrogen (secondary N) is 1. The lowest BCUT2D eigenvalue weighted by molar-refractivity contribution is 0.0954. The third-order valence-corrected chi connectivity index (χ3v) is 3.24. The first kappa shape index (κ1) is 15.6. The van der Waals surface area contributed by atoms with Crippen LogP contribution in [0.1, 0.15) is 15.9 Å². The highest BCUT2D eigenvalue weighted by Gasteiger charge is 2.15. The maximum Gasteiger partial charge on any atom is 0.271 e. The highest BCUT2D eigenvalue weighted by atomic mass is 16.7. The zero-order valence-electron chi connectivity index (χ0n) is 12.9. The highest BCUT2D eigenvalue weighted by molar-refractivity contribution is 5.95. The molecule has 0 atom stereocenters. The Balaban J connectivity index is 1.61. The number of benzene rings is 2. The molecule has 0 spiro atoms. The molecule has 1 aliphatic heterocycles. The summed E-state index contributed by atoms with van der Waals surface area (Å²) in [6, 6.07) is 12.3. The summed E-state index contributed by atoms with van der Waals surface area (Å²) in [7, 11) is 0. The molecule has 6 nitrogen and oxygen atoms in total. The Morgan fingerprint density at radius 1 is 1.25 bits per heavy atom. The van der Waals surface area contributed by atoms with Crippen molar-refractivity contribution in [2.45, 2.75) is 0 Å². The second kappa shape index (κ2) is 7.32. The van der Waals surface area contributed by atoms with Gasteiger partial charge in [0.25, 0.3) is 5.91 Å². The number of carbonyl (C=O) groups is 1. The van der Waals surface area contributed by atoms with Crippen LogP contribution in [0.15, 0.2) is 60.2 Å². The first-order valence-corrected chi connectivity index (χ1v) is 7.33. The molecule has 122 valence electrons. The Morgan fingerprint density at radius 3 is 3.00 bits per heavy atom. The molecule has 0 radical (unpaired) electrons. The third kappa shape index (κ3) is 3.73. The van der Waals surface area contributed by atoms with Gasteiger partial charge in [-0.3, -0.25) is 4.79 Å². The molecule has 0 aromatic heterocycles. The van der Waals surface area contributed by atoms with Crippen LogP contribution >= 0.6 is 0 Å². The average Bonchev–Trinajstić information content (AvgIpc) is 3.08. The van der Waals surface area contributed by atoms with Gasteiger partial charge in [0.2, 0.25) is 6.79 Å². The van der Waals surface area contributed by atoms with Gasteiger partial charge in [-0.25, -0.2) is 5.43 Å². The van der Waals surface area contributed by atoms with E-state index in [1.807, 2.05) is 24.3 Å². The van der Waals surface area contributed by atoms with E-state index >= 15 is 0 Å². The van der Waals surface area contributed by atoms with Crippen molar-refractivity contribution in [3.8, 4) is 17.2 Å². The zero-order chi connectivity index (χ0) is 16.8. The molecule has 1 N–H and O–H groups in total. The SMILES string of the molecule is C=CCOc1cccc(/C=N\NC(=O)c2ccc3c(c2)OCO3)c1. The number of amides is 1. The van der Waals surface area contributed by atoms with Crippen LogP contribution in [-0.2, 0) is 0 Å². The van der Waals surface area contributed by atoms with Gasteiger partial charge in [-0.15, -0.1) is 0 Å². The lowest BCUT2D eigenvalue weighted by atomic mass is 10.2. The van der Waals surface area contributed by atoms with Crippen molar-refractivity contribution >= 4 is 12.1 Å². The number of ether oxygens (including phenoxy) is 3. The summed E-state index contributed by atoms with van der Waals surface area (Å²) in [6.45, 7) is 4.20. The molecule has 0 unspecified atom stereocenters. The predicted octanol–water partition coefficient (Wildman–Crippen LogP) is 2.74. The summed E-state index contributed by atoms with van der Waals surface area (Å²) in [5, 5.41) is 3.96. The van der Waals surface area contributed by atoms with Crippen molar-refractivity contribution in [2.24, 2.45) is 5.10 Å². The van der Waals surface area contributed by atoms with Crippen molar-refractivity contribution < 1.29 is 19.0 Å². The van der Waals surface area contributed by atoms with E-state index < -0.39 is 0 Å². The van der Waals surface area contributed by atoms with Crippen molar-refractivity contribution in [2.75, 3.05) is 13.4 Å². The molecule has 1 heterocycles. The monoisotopic (exact) mass is 324 g/mol. The van der Waals surface area contributed by atoms with Crippen LogP contribution in [0.4, 0.5) is 0 Å². The molecule has 1 amide bonds. The Morgan fingerprint density at radius 2 is 2.12 bits per heavy atom. The molecular formula is C18H16N2O4. The Bertz CT molecular complexity index is 786. The van der Waals surface area contributed by atoms with Crippen LogP contribution in [0.2, 0.25) is 0 Å². The Hall–Kier alpha value is -3.28. The molecule has 0 fully saturated rings. The van der Waals surface area contributed by atoms with Crippen LogP contribution in [0.5, 0.6) is 17.2 Å². The van der Waals surface area contributed by atoms with Crippen molar-refractivity contribution in [1.29, 1.82) is 0 Å². The fraction of sp³-hybridized carbons (Fsp3) is 0.111. The molecule has 24 heavy (non-hydrogen) atoms. The maximum absolute atomic E-state index is 12.1. The summed E-state index contributed by atoms with van der Waals surface area (Å²) in [5.41, 5.74) is 3.73. The molecule has 0 bridgehead atoms. The van der Waals surface area contributed by atoms with E-state index in [0.29, 0.717) is 29.4 Å². The fourth-order valence-corrected chi connectivity index (χ4v) is 2.11. The third-order valence-electron chi connectivity index (χ3n) is 3.24. The summed E-state index contributed by atoms with van der Waals surface area (Å²) in [4.78, 5) is 12.1. The second-order valence-electron chi connectivity index (χ2n) is 4.94. The van der Waals surface area contributed by atoms with Crippen LogP contribution in [0.25, 0.3) is 0 Å². The van der Waals surface area contributed by atoms with Crippen LogP contribution < -0.4 is 19.6 Å². The normalized spacial score (nSPS) is 12.2. The van der Waals surface area contributed by atoms with Gasteiger partial charge >= 0.3 is 0 Å². The molecular weight excluding hydrogens is 308 g/mol. The minimum atomic E-state index is -0.330. The van der Waals surface area contributed by atoms with E-state index in [1.54, 1.807) is 30.5 Å². The fourth-order valence-electron chi connectivity index (χ4n) is 2.11. The minimum absolute atomic E-state index is 0.169. The smallest absolute Gasteiger partial charge is 0.271 e. The standard InChI is InChI=1S/C18H16N2O4/c1-2-8-22-15-5-3-4-13(9-15)11-19-20-18(21)14-6-7-16-17(10-14)24-12-23-16/h2-7,9-11H,1,8,12H2,(H,20,21)/b19-11-. The average molecular weight is 324 g/mol. The maximum atomic E-state index is 12.1. The van der Waals surface area contributed by atoms with Crippen molar-refractivity contribution in [3.63, 3.8) is 0 Å². The first-order valence-electron chi connectivity index (χ1n) is 7.33. The summed E-state index contributed by atoms with van der Waals surface area (Å²) in [5.74, 6) is 1.56. The lowest BCUT2D eigenvalue weighted by Gasteiger charge is -2.04. The molecule has 2 aromatic carbocycles. The molecule has 1 aliphatic rings. The van der Waals surface area contributed by atoms with Gasteiger partial charge in [0, 0.05) is 5.56 Å². The number of hydrogen-bond donors (Lipinski definition) is 1. The topological polar surface area (TPSA) is 69.2 Å². The zero-order valence-corrected chi connectivity index (χ0v) is 12.9. The molecule has 3 rings (SSSR count). The van der Waals surface area contributed by atoms with E-state index in [2.05, 4.69) is 17.1 Å². The van der Waals surface area contributed by atoms with E-state index in [0.717, 1.165) is 5.56 Å². The first-order chi connectivity index (χ1) is 11.8. The highest BCUT2D eigenvalue weighted by Crippen LogP contribution is 2.32. The van der Waals surface area contributed by atoms with E-state index in [-0.39, 0.29) is 12.7 Å². The van der Waals surface area contributed by atoms with Crippen molar-refractivity contribution in [1.82, 2.24) is 5.43 Å². The van der Waals surface area contributed by atoms with Crippen LogP contribution in [-0.4, -0.2) is 25.5 Å². The molecule has 2 aromatic rings. The number of rotatable bonds is 6. The minimum Gasteiger partial charge on any atom is -0.490 e. The Labute approximate surface area is 139 Å². The van der Waals surface area contributed by atoms with E-state index in [9.17, 15) is 4.79 Å². The quantitative estimate of drug-likeness (QED) is 0.504. The van der Waals surface area contributed by atoms with E-state index in [1.165, 1.54) is 0 Å². The lowest BCUT2D eigenvalue weighted by Crippen LogP contribution is -2.17. The largest absolute Gasteiger partial charge is 0.490 e. The van der Waals surface area contributed by atoms with Gasteiger partial charge in [0.1, 0.15) is 12.4 Å². The van der Waals surface area contributed by atoms with Crippen LogP contribution in [0, 0.1) is 0 Å². The summed E-state index contributed by atoms with van der Waals surface area (Å²) >= 11 is 0. The summed E-state index contributed by atoms with van der Waals surface area (Å²) < 4.78 is 15.9. The molecule has 0 saturated heterocycles. The summed E-state index contributed by atoms with van der Waals surface area (Å²) in [6.07, 6.45) is 3.22. The van der Waals surface area contributed by atoms with Crippen LogP contribution in [0.3, 0.4) is 0 Å². The molecule has 0 aliphatic carbocycles. The number of nitrogens with zero attached hydrogens (tertiary/aromatic N) is 1.